The van der Waals surface area contributed by atoms with Gasteiger partial charge in [-0.3, -0.25) is 15.0 Å². The van der Waals surface area contributed by atoms with Crippen LogP contribution in [0.4, 0.5) is 5.69 Å². The molecule has 0 aliphatic carbocycles. The molecular weight excluding hydrogens is 242 g/mol. The molecule has 0 fully saturated rings. The van der Waals surface area contributed by atoms with Gasteiger partial charge < -0.3 is 0 Å². The van der Waals surface area contributed by atoms with Gasteiger partial charge in [0.25, 0.3) is 5.69 Å². The van der Waals surface area contributed by atoms with E-state index in [1.54, 1.807) is 24.9 Å². The van der Waals surface area contributed by atoms with Crippen LogP contribution in [-0.2, 0) is 6.54 Å². The van der Waals surface area contributed by atoms with Crippen LogP contribution in [-0.4, -0.2) is 22.9 Å². The molecule has 90 valence electrons. The normalized spacial score (nSPS) is 12.2. The van der Waals surface area contributed by atoms with Gasteiger partial charge in [-0.2, -0.15) is 5.26 Å². The number of hydrogen-bond acceptors (Lipinski definition) is 4. The quantitative estimate of drug-likeness (QED) is 0.611. The Balaban J connectivity index is 3.01. The Morgan fingerprint density at radius 2 is 2.29 bits per heavy atom. The number of rotatable bonds is 4. The van der Waals surface area contributed by atoms with E-state index in [2.05, 4.69) is 6.07 Å². The van der Waals surface area contributed by atoms with E-state index in [1.165, 1.54) is 12.1 Å². The van der Waals surface area contributed by atoms with Crippen molar-refractivity contribution in [3.8, 4) is 6.07 Å². The highest BCUT2D eigenvalue weighted by Gasteiger charge is 2.17. The fourth-order valence-corrected chi connectivity index (χ4v) is 1.56. The molecule has 0 aliphatic heterocycles. The molecule has 0 saturated carbocycles. The molecule has 1 atom stereocenters. The average molecular weight is 254 g/mol. The second-order valence-corrected chi connectivity index (χ2v) is 4.19. The number of nitro groups is 1. The summed E-state index contributed by atoms with van der Waals surface area (Å²) in [5.74, 6) is 0. The van der Waals surface area contributed by atoms with Crippen LogP contribution in [0.3, 0.4) is 0 Å². The van der Waals surface area contributed by atoms with Crippen LogP contribution >= 0.6 is 11.6 Å². The summed E-state index contributed by atoms with van der Waals surface area (Å²) in [5, 5.41) is 20.0. The van der Waals surface area contributed by atoms with Gasteiger partial charge in [0, 0.05) is 23.2 Å². The van der Waals surface area contributed by atoms with Crippen LogP contribution in [0.25, 0.3) is 0 Å². The van der Waals surface area contributed by atoms with Crippen LogP contribution in [0.1, 0.15) is 12.5 Å². The van der Waals surface area contributed by atoms with E-state index in [9.17, 15) is 10.1 Å². The van der Waals surface area contributed by atoms with Crippen molar-refractivity contribution in [2.75, 3.05) is 7.05 Å². The van der Waals surface area contributed by atoms with Gasteiger partial charge in [0.1, 0.15) is 0 Å². The SMILES string of the molecule is CC(C#N)N(C)Cc1cc(Cl)ccc1[N+](=O)[O-]. The standard InChI is InChI=1S/C11H12ClN3O2/c1-8(6-13)14(2)7-9-5-10(12)3-4-11(9)15(16)17/h3-5,8H,7H2,1-2H3. The van der Waals surface area contributed by atoms with Crippen LogP contribution in [0.2, 0.25) is 5.02 Å². The zero-order valence-corrected chi connectivity index (χ0v) is 10.3. The van der Waals surface area contributed by atoms with Crippen LogP contribution in [0, 0.1) is 21.4 Å². The van der Waals surface area contributed by atoms with Gasteiger partial charge in [0.2, 0.25) is 0 Å². The summed E-state index contributed by atoms with van der Waals surface area (Å²) in [5.41, 5.74) is 0.526. The van der Waals surface area contributed by atoms with Crippen LogP contribution < -0.4 is 0 Å². The molecule has 0 aliphatic rings. The summed E-state index contributed by atoms with van der Waals surface area (Å²) in [6, 6.07) is 6.18. The lowest BCUT2D eigenvalue weighted by atomic mass is 10.1. The zero-order valence-electron chi connectivity index (χ0n) is 9.55. The average Bonchev–Trinajstić information content (AvgIpc) is 2.27. The Hall–Kier alpha value is -1.64. The van der Waals surface area contributed by atoms with E-state index >= 15 is 0 Å². The lowest BCUT2D eigenvalue weighted by Gasteiger charge is -2.18. The van der Waals surface area contributed by atoms with E-state index in [0.29, 0.717) is 17.1 Å². The van der Waals surface area contributed by atoms with Crippen molar-refractivity contribution < 1.29 is 4.92 Å². The molecule has 1 unspecified atom stereocenters. The highest BCUT2D eigenvalue weighted by molar-refractivity contribution is 6.30. The van der Waals surface area contributed by atoms with Crippen molar-refractivity contribution in [1.29, 1.82) is 5.26 Å². The number of nitriles is 1. The molecule has 0 aromatic heterocycles. The van der Waals surface area contributed by atoms with Gasteiger partial charge >= 0.3 is 0 Å². The minimum Gasteiger partial charge on any atom is -0.287 e. The zero-order chi connectivity index (χ0) is 13.0. The molecule has 5 nitrogen and oxygen atoms in total. The first-order valence-electron chi connectivity index (χ1n) is 4.98. The van der Waals surface area contributed by atoms with Crippen LogP contribution in [0.15, 0.2) is 18.2 Å². The van der Waals surface area contributed by atoms with E-state index in [4.69, 9.17) is 16.9 Å². The lowest BCUT2D eigenvalue weighted by Crippen LogP contribution is -2.27. The maximum Gasteiger partial charge on any atom is 0.273 e. The molecule has 0 spiro atoms. The lowest BCUT2D eigenvalue weighted by molar-refractivity contribution is -0.385. The fraction of sp³-hybridized carbons (Fsp3) is 0.364. The van der Waals surface area contributed by atoms with Gasteiger partial charge in [0.05, 0.1) is 17.0 Å². The Labute approximate surface area is 104 Å². The molecule has 1 rings (SSSR count). The molecule has 1 aromatic rings. The molecular formula is C11H12ClN3O2. The van der Waals surface area contributed by atoms with Gasteiger partial charge in [0.15, 0.2) is 0 Å². The van der Waals surface area contributed by atoms with Crippen LogP contribution in [0.5, 0.6) is 0 Å². The van der Waals surface area contributed by atoms with E-state index in [1.807, 2.05) is 0 Å². The first kappa shape index (κ1) is 13.4. The summed E-state index contributed by atoms with van der Waals surface area (Å²) in [6.45, 7) is 2.04. The van der Waals surface area contributed by atoms with Crippen molar-refractivity contribution in [3.63, 3.8) is 0 Å². The number of halogens is 1. The second-order valence-electron chi connectivity index (χ2n) is 3.75. The number of benzene rings is 1. The second kappa shape index (κ2) is 5.62. The Morgan fingerprint density at radius 3 is 2.82 bits per heavy atom. The summed E-state index contributed by atoms with van der Waals surface area (Å²) in [6.07, 6.45) is 0. The minimum atomic E-state index is -0.448. The van der Waals surface area contributed by atoms with Gasteiger partial charge in [-0.05, 0) is 26.1 Å². The van der Waals surface area contributed by atoms with E-state index in [-0.39, 0.29) is 11.7 Å². The van der Waals surface area contributed by atoms with Gasteiger partial charge in [-0.25, -0.2) is 0 Å². The molecule has 0 bridgehead atoms. The molecule has 0 N–H and O–H groups in total. The maximum absolute atomic E-state index is 10.8. The molecule has 0 saturated heterocycles. The van der Waals surface area contributed by atoms with E-state index < -0.39 is 4.92 Å². The fourth-order valence-electron chi connectivity index (χ4n) is 1.36. The third-order valence-electron chi connectivity index (χ3n) is 2.51. The largest absolute Gasteiger partial charge is 0.287 e. The van der Waals surface area contributed by atoms with Gasteiger partial charge in [-0.15, -0.1) is 0 Å². The smallest absolute Gasteiger partial charge is 0.273 e. The molecule has 17 heavy (non-hydrogen) atoms. The Bertz CT molecular complexity index is 470. The first-order valence-corrected chi connectivity index (χ1v) is 5.36. The number of hydrogen-bond donors (Lipinski definition) is 0. The van der Waals surface area contributed by atoms with Crippen molar-refractivity contribution in [3.05, 3.63) is 38.9 Å². The number of nitro benzene ring substituents is 1. The third kappa shape index (κ3) is 3.41. The summed E-state index contributed by atoms with van der Waals surface area (Å²) in [7, 11) is 1.73. The Morgan fingerprint density at radius 1 is 1.65 bits per heavy atom. The predicted octanol–water partition coefficient (Wildman–Crippen LogP) is 2.59. The molecule has 0 amide bonds. The highest BCUT2D eigenvalue weighted by atomic mass is 35.5. The number of nitrogens with zero attached hydrogens (tertiary/aromatic N) is 3. The summed E-state index contributed by atoms with van der Waals surface area (Å²) < 4.78 is 0. The maximum atomic E-state index is 10.8. The molecule has 0 radical (unpaired) electrons. The molecule has 6 heteroatoms. The van der Waals surface area contributed by atoms with Crippen molar-refractivity contribution in [2.45, 2.75) is 19.5 Å². The predicted molar refractivity (Wildman–Crippen MR) is 64.6 cm³/mol. The monoisotopic (exact) mass is 253 g/mol. The van der Waals surface area contributed by atoms with Gasteiger partial charge in [-0.1, -0.05) is 11.6 Å². The van der Waals surface area contributed by atoms with Crippen molar-refractivity contribution >= 4 is 17.3 Å². The van der Waals surface area contributed by atoms with E-state index in [0.717, 1.165) is 0 Å². The van der Waals surface area contributed by atoms with Crippen molar-refractivity contribution in [1.82, 2.24) is 4.90 Å². The van der Waals surface area contributed by atoms with Crippen molar-refractivity contribution in [2.24, 2.45) is 0 Å². The minimum absolute atomic E-state index is 0.0198. The molecule has 1 aromatic carbocycles. The molecule has 0 heterocycles. The summed E-state index contributed by atoms with van der Waals surface area (Å²) in [4.78, 5) is 12.1. The first-order chi connectivity index (χ1) is 7.95. The topological polar surface area (TPSA) is 70.2 Å². The third-order valence-corrected chi connectivity index (χ3v) is 2.74. The Kier molecular flexibility index (Phi) is 4.44. The summed E-state index contributed by atoms with van der Waals surface area (Å²) >= 11 is 5.81. The highest BCUT2D eigenvalue weighted by Crippen LogP contribution is 2.24.